The molecule has 1 atom stereocenters. The Morgan fingerprint density at radius 3 is 1.97 bits per heavy atom. The molecule has 0 bridgehead atoms. The van der Waals surface area contributed by atoms with Crippen molar-refractivity contribution in [3.63, 3.8) is 0 Å². The predicted molar refractivity (Wildman–Crippen MR) is 134 cm³/mol. The molecule has 0 saturated heterocycles. The second-order valence-electron chi connectivity index (χ2n) is 9.34. The fourth-order valence-electron chi connectivity index (χ4n) is 5.74. The minimum Gasteiger partial charge on any atom is -0.313 e. The number of hydrogen-bond donors (Lipinski definition) is 0. The van der Waals surface area contributed by atoms with E-state index >= 15 is 4.57 Å². The van der Waals surface area contributed by atoms with Gasteiger partial charge in [-0.05, 0) is 24.5 Å². The molecule has 1 aliphatic rings. The van der Waals surface area contributed by atoms with E-state index in [0.29, 0.717) is 0 Å². The smallest absolute Gasteiger partial charge is 0.254 e. The highest BCUT2D eigenvalue weighted by Crippen LogP contribution is 2.59. The maximum atomic E-state index is 15.1. The highest BCUT2D eigenvalue weighted by Gasteiger charge is 2.50. The van der Waals surface area contributed by atoms with E-state index in [4.69, 9.17) is 0 Å². The van der Waals surface area contributed by atoms with Crippen LogP contribution in [0, 0.1) is 0 Å². The Morgan fingerprint density at radius 1 is 0.844 bits per heavy atom. The molecule has 0 radical (unpaired) electrons. The summed E-state index contributed by atoms with van der Waals surface area (Å²) in [4.78, 5) is 13.7. The molecule has 0 aliphatic heterocycles. The van der Waals surface area contributed by atoms with Gasteiger partial charge in [0, 0.05) is 39.7 Å². The molecule has 1 aliphatic carbocycles. The minimum absolute atomic E-state index is 0.0288. The number of rotatable bonds is 3. The summed E-state index contributed by atoms with van der Waals surface area (Å²) in [5.74, 6) is 0. The Morgan fingerprint density at radius 2 is 1.38 bits per heavy atom. The van der Waals surface area contributed by atoms with E-state index in [0.717, 1.165) is 45.5 Å². The quantitative estimate of drug-likeness (QED) is 0.413. The molecule has 1 unspecified atom stereocenters. The van der Waals surface area contributed by atoms with Gasteiger partial charge in [0.2, 0.25) is 0 Å². The van der Waals surface area contributed by atoms with Crippen molar-refractivity contribution in [3.8, 4) is 0 Å². The molecule has 5 rings (SSSR count). The molecule has 0 saturated carbocycles. The molecular weight excluding hydrogens is 413 g/mol. The number of benzene rings is 3. The number of hydrogen-bond acceptors (Lipinski definition) is 2. The lowest BCUT2D eigenvalue weighted by molar-refractivity contribution is 0.421. The van der Waals surface area contributed by atoms with Crippen molar-refractivity contribution in [2.75, 3.05) is 0 Å². The average Bonchev–Trinajstić information content (AvgIpc) is 2.82. The average molecular weight is 442 g/mol. The van der Waals surface area contributed by atoms with Gasteiger partial charge < -0.3 is 9.13 Å². The Bertz CT molecular complexity index is 1360. The molecule has 3 aromatic carbocycles. The van der Waals surface area contributed by atoms with Crippen molar-refractivity contribution in [1.29, 1.82) is 0 Å². The normalized spacial score (nSPS) is 17.8. The van der Waals surface area contributed by atoms with Crippen molar-refractivity contribution >= 4 is 28.7 Å². The van der Waals surface area contributed by atoms with Gasteiger partial charge in [0.15, 0.2) is 0 Å². The van der Waals surface area contributed by atoms with Crippen LogP contribution in [0.2, 0.25) is 0 Å². The van der Waals surface area contributed by atoms with Gasteiger partial charge in [-0.1, -0.05) is 92.7 Å². The van der Waals surface area contributed by atoms with Crippen LogP contribution >= 0.6 is 7.14 Å². The van der Waals surface area contributed by atoms with Crippen LogP contribution in [0.15, 0.2) is 89.7 Å². The van der Waals surface area contributed by atoms with E-state index in [2.05, 4.69) is 19.9 Å². The van der Waals surface area contributed by atoms with E-state index in [1.807, 2.05) is 85.9 Å². The summed E-state index contributed by atoms with van der Waals surface area (Å²) in [6, 6.07) is 27.8. The molecule has 32 heavy (non-hydrogen) atoms. The summed E-state index contributed by atoms with van der Waals surface area (Å²) in [5, 5.41) is 2.86. The van der Waals surface area contributed by atoms with E-state index in [1.54, 1.807) is 4.57 Å². The van der Waals surface area contributed by atoms with E-state index in [-0.39, 0.29) is 11.2 Å². The molecular formula is C28H28NO2P. The Balaban J connectivity index is 1.79. The van der Waals surface area contributed by atoms with Crippen molar-refractivity contribution in [2.24, 2.45) is 7.05 Å². The monoisotopic (exact) mass is 441 g/mol. The van der Waals surface area contributed by atoms with Gasteiger partial charge in [0.1, 0.15) is 7.14 Å². The lowest BCUT2D eigenvalue weighted by Gasteiger charge is -2.44. The van der Waals surface area contributed by atoms with Crippen molar-refractivity contribution in [1.82, 2.24) is 4.57 Å². The number of aryl methyl sites for hydroxylation is 2. The van der Waals surface area contributed by atoms with Crippen molar-refractivity contribution in [2.45, 2.75) is 37.8 Å². The lowest BCUT2D eigenvalue weighted by Crippen LogP contribution is -2.47. The zero-order valence-electron chi connectivity index (χ0n) is 18.8. The largest absolute Gasteiger partial charge is 0.313 e. The highest BCUT2D eigenvalue weighted by atomic mass is 31.2. The van der Waals surface area contributed by atoms with Crippen LogP contribution in [0.1, 0.15) is 31.4 Å². The Hall–Kier alpha value is -2.90. The molecule has 0 fully saturated rings. The SMILES string of the molecule is Cn1c(=O)c2c(c3ccccc31)CCC(P(=O)(c1ccccc1)c1ccccc1)C2(C)C. The topological polar surface area (TPSA) is 39.1 Å². The zero-order chi connectivity index (χ0) is 22.5. The fraction of sp³-hybridized carbons (Fsp3) is 0.250. The van der Waals surface area contributed by atoms with Gasteiger partial charge in [-0.15, -0.1) is 0 Å². The lowest BCUT2D eigenvalue weighted by atomic mass is 9.72. The van der Waals surface area contributed by atoms with Crippen LogP contribution < -0.4 is 16.2 Å². The van der Waals surface area contributed by atoms with Crippen molar-refractivity contribution in [3.05, 3.63) is 106 Å². The number of fused-ring (bicyclic) bond motifs is 3. The summed E-state index contributed by atoms with van der Waals surface area (Å²) >= 11 is 0. The minimum atomic E-state index is -3.02. The number of para-hydroxylation sites is 1. The van der Waals surface area contributed by atoms with Gasteiger partial charge in [-0.25, -0.2) is 0 Å². The fourth-order valence-corrected chi connectivity index (χ4v) is 9.52. The predicted octanol–water partition coefficient (Wildman–Crippen LogP) is 5.15. The number of nitrogens with zero attached hydrogens (tertiary/aromatic N) is 1. The molecule has 1 heterocycles. The van der Waals surface area contributed by atoms with Gasteiger partial charge in [-0.3, -0.25) is 4.79 Å². The molecule has 162 valence electrons. The number of pyridine rings is 1. The first-order valence-corrected chi connectivity index (χ1v) is 13.0. The summed E-state index contributed by atoms with van der Waals surface area (Å²) in [6.45, 7) is 4.23. The Kier molecular flexibility index (Phi) is 4.98. The maximum Gasteiger partial charge on any atom is 0.254 e. The molecule has 0 amide bonds. The summed E-state index contributed by atoms with van der Waals surface area (Å²) < 4.78 is 16.9. The molecule has 0 N–H and O–H groups in total. The third-order valence-electron chi connectivity index (χ3n) is 7.27. The van der Waals surface area contributed by atoms with Gasteiger partial charge in [0.25, 0.3) is 5.56 Å². The second-order valence-corrected chi connectivity index (χ2v) is 12.3. The van der Waals surface area contributed by atoms with E-state index in [1.165, 1.54) is 0 Å². The molecule has 1 aromatic heterocycles. The van der Waals surface area contributed by atoms with Gasteiger partial charge in [-0.2, -0.15) is 0 Å². The summed E-state index contributed by atoms with van der Waals surface area (Å²) in [5.41, 5.74) is 2.22. The first-order valence-electron chi connectivity index (χ1n) is 11.2. The van der Waals surface area contributed by atoms with Crippen molar-refractivity contribution < 1.29 is 4.57 Å². The van der Waals surface area contributed by atoms with Gasteiger partial charge in [0.05, 0.1) is 5.52 Å². The van der Waals surface area contributed by atoms with Crippen LogP contribution in [0.3, 0.4) is 0 Å². The van der Waals surface area contributed by atoms with Crippen LogP contribution in [-0.2, 0) is 23.4 Å². The first-order chi connectivity index (χ1) is 15.4. The zero-order valence-corrected chi connectivity index (χ0v) is 19.7. The molecule has 4 heteroatoms. The van der Waals surface area contributed by atoms with E-state index < -0.39 is 12.6 Å². The summed E-state index contributed by atoms with van der Waals surface area (Å²) in [6.07, 6.45) is 1.53. The summed E-state index contributed by atoms with van der Waals surface area (Å²) in [7, 11) is -1.17. The first kappa shape index (κ1) is 21.0. The third-order valence-corrected chi connectivity index (χ3v) is 11.2. The van der Waals surface area contributed by atoms with E-state index in [9.17, 15) is 4.79 Å². The standard InChI is InChI=1S/C28H28NO2P/c1-28(2)25(32(31,20-12-6-4-7-13-20)21-14-8-5-9-15-21)19-18-23-22-16-10-11-17-24(22)29(3)27(30)26(23)28/h4-17,25H,18-19H2,1-3H3. The molecule has 3 nitrogen and oxygen atoms in total. The number of aromatic nitrogens is 1. The maximum absolute atomic E-state index is 15.1. The Labute approximate surface area is 189 Å². The van der Waals surface area contributed by atoms with Crippen LogP contribution in [-0.4, -0.2) is 10.2 Å². The highest BCUT2D eigenvalue weighted by molar-refractivity contribution is 7.79. The van der Waals surface area contributed by atoms with Crippen LogP contribution in [0.5, 0.6) is 0 Å². The second kappa shape index (κ2) is 7.60. The molecule has 0 spiro atoms. The van der Waals surface area contributed by atoms with Crippen LogP contribution in [0.25, 0.3) is 10.9 Å². The van der Waals surface area contributed by atoms with Crippen LogP contribution in [0.4, 0.5) is 0 Å². The molecule has 4 aromatic rings. The van der Waals surface area contributed by atoms with Gasteiger partial charge >= 0.3 is 0 Å². The third kappa shape index (κ3) is 2.95.